The number of rotatable bonds is 1. The molecule has 138 valence electrons. The van der Waals surface area contributed by atoms with Gasteiger partial charge in [-0.3, -0.25) is 9.59 Å². The number of urea groups is 2. The van der Waals surface area contributed by atoms with Gasteiger partial charge < -0.3 is 9.80 Å². The number of fused-ring (bicyclic) bond motifs is 1. The van der Waals surface area contributed by atoms with Crippen LogP contribution in [0.5, 0.6) is 0 Å². The molecule has 2 aliphatic heterocycles. The van der Waals surface area contributed by atoms with Crippen LogP contribution in [0, 0.1) is 0 Å². The second-order valence-corrected chi connectivity index (χ2v) is 7.16. The molecule has 26 heavy (non-hydrogen) atoms. The fourth-order valence-corrected chi connectivity index (χ4v) is 4.00. The summed E-state index contributed by atoms with van der Waals surface area (Å²) in [5.41, 5.74) is -2.49. The Hall–Kier alpha value is -2.61. The maximum atomic E-state index is 13.2. The Labute approximate surface area is 155 Å². The lowest BCUT2D eigenvalue weighted by Gasteiger charge is -2.42. The second kappa shape index (κ2) is 5.44. The van der Waals surface area contributed by atoms with Gasteiger partial charge in [-0.15, -0.1) is 0 Å². The molecule has 2 aliphatic rings. The first kappa shape index (κ1) is 18.2. The molecule has 0 unspecified atom stereocenters. The Morgan fingerprint density at radius 1 is 0.885 bits per heavy atom. The molecule has 2 heterocycles. The van der Waals surface area contributed by atoms with Crippen molar-refractivity contribution in [3.8, 4) is 0 Å². The average Bonchev–Trinajstić information content (AvgIpc) is 2.83. The molecule has 0 radical (unpaired) electrons. The van der Waals surface area contributed by atoms with E-state index in [1.807, 2.05) is 0 Å². The van der Waals surface area contributed by atoms with Crippen molar-refractivity contribution in [2.75, 3.05) is 14.1 Å². The summed E-state index contributed by atoms with van der Waals surface area (Å²) < 4.78 is 0. The van der Waals surface area contributed by atoms with Crippen molar-refractivity contribution in [1.82, 2.24) is 19.6 Å². The SMILES string of the molecule is CC(=O)N1C(=O)N(C)[C@]2(C)N(C)C(=O)N(C(=O)c3ccc(Cl)cc3)[C@]12C. The molecule has 6 amide bonds. The summed E-state index contributed by atoms with van der Waals surface area (Å²) in [6.07, 6.45) is 0. The lowest BCUT2D eigenvalue weighted by Crippen LogP contribution is -2.65. The quantitative estimate of drug-likeness (QED) is 0.750. The molecular formula is C17H19ClN4O4. The summed E-state index contributed by atoms with van der Waals surface area (Å²) in [7, 11) is 3.01. The minimum atomic E-state index is -1.51. The van der Waals surface area contributed by atoms with E-state index < -0.39 is 35.2 Å². The fourth-order valence-electron chi connectivity index (χ4n) is 3.88. The van der Waals surface area contributed by atoms with E-state index in [0.29, 0.717) is 5.02 Å². The van der Waals surface area contributed by atoms with Crippen molar-refractivity contribution in [2.45, 2.75) is 32.1 Å². The lowest BCUT2D eigenvalue weighted by atomic mass is 9.95. The maximum absolute atomic E-state index is 13.2. The van der Waals surface area contributed by atoms with E-state index in [9.17, 15) is 19.2 Å². The van der Waals surface area contributed by atoms with Gasteiger partial charge in [-0.25, -0.2) is 19.4 Å². The van der Waals surface area contributed by atoms with Crippen LogP contribution in [-0.2, 0) is 4.79 Å². The smallest absolute Gasteiger partial charge is 0.300 e. The largest absolute Gasteiger partial charge is 0.330 e. The second-order valence-electron chi connectivity index (χ2n) is 6.73. The molecule has 0 bridgehead atoms. The number of hydrogen-bond acceptors (Lipinski definition) is 4. The molecule has 1 aromatic carbocycles. The molecule has 2 saturated heterocycles. The Balaban J connectivity index is 2.20. The lowest BCUT2D eigenvalue weighted by molar-refractivity contribution is -0.134. The zero-order valence-corrected chi connectivity index (χ0v) is 15.9. The predicted octanol–water partition coefficient (Wildman–Crippen LogP) is 2.19. The summed E-state index contributed by atoms with van der Waals surface area (Å²) >= 11 is 5.87. The molecular weight excluding hydrogens is 360 g/mol. The van der Waals surface area contributed by atoms with Crippen molar-refractivity contribution >= 4 is 35.5 Å². The first-order valence-corrected chi connectivity index (χ1v) is 8.34. The maximum Gasteiger partial charge on any atom is 0.330 e. The average molecular weight is 379 g/mol. The van der Waals surface area contributed by atoms with Crippen LogP contribution in [0.3, 0.4) is 0 Å². The summed E-state index contributed by atoms with van der Waals surface area (Å²) in [6.45, 7) is 4.43. The van der Waals surface area contributed by atoms with Crippen LogP contribution in [-0.4, -0.2) is 68.9 Å². The van der Waals surface area contributed by atoms with Crippen LogP contribution in [0.15, 0.2) is 24.3 Å². The summed E-state index contributed by atoms with van der Waals surface area (Å²) in [4.78, 5) is 55.6. The molecule has 2 fully saturated rings. The fraction of sp³-hybridized carbons (Fsp3) is 0.412. The Morgan fingerprint density at radius 3 is 1.81 bits per heavy atom. The minimum absolute atomic E-state index is 0.229. The number of nitrogens with zero attached hydrogens (tertiary/aromatic N) is 4. The highest BCUT2D eigenvalue weighted by atomic mass is 35.5. The molecule has 9 heteroatoms. The number of benzene rings is 1. The van der Waals surface area contributed by atoms with Crippen LogP contribution in [0.1, 0.15) is 31.1 Å². The molecule has 0 aromatic heterocycles. The number of imide groups is 2. The van der Waals surface area contributed by atoms with E-state index >= 15 is 0 Å². The minimum Gasteiger partial charge on any atom is -0.300 e. The standard InChI is InChI=1S/C17H19ClN4O4/c1-10(23)21-14(25)19(4)16(2)17(21,3)22(15(26)20(16)5)13(24)11-6-8-12(18)9-7-11/h6-9H,1-5H3/t16-,17+/m1/s1. The van der Waals surface area contributed by atoms with E-state index in [4.69, 9.17) is 11.6 Å². The highest BCUT2D eigenvalue weighted by Crippen LogP contribution is 2.50. The molecule has 0 spiro atoms. The monoisotopic (exact) mass is 378 g/mol. The molecule has 3 rings (SSSR count). The number of amides is 6. The third-order valence-corrected chi connectivity index (χ3v) is 5.89. The van der Waals surface area contributed by atoms with Crippen molar-refractivity contribution < 1.29 is 19.2 Å². The van der Waals surface area contributed by atoms with E-state index in [0.717, 1.165) is 9.80 Å². The first-order chi connectivity index (χ1) is 12.0. The van der Waals surface area contributed by atoms with Crippen LogP contribution in [0.4, 0.5) is 9.59 Å². The molecule has 2 atom stereocenters. The number of carbonyl (C=O) groups excluding carboxylic acids is 4. The zero-order valence-electron chi connectivity index (χ0n) is 15.1. The van der Waals surface area contributed by atoms with Gasteiger partial charge in [-0.2, -0.15) is 0 Å². The summed E-state index contributed by atoms with van der Waals surface area (Å²) in [5.74, 6) is -1.16. The van der Waals surface area contributed by atoms with E-state index in [1.54, 1.807) is 13.8 Å². The highest BCUT2D eigenvalue weighted by Gasteiger charge is 2.75. The van der Waals surface area contributed by atoms with E-state index in [2.05, 4.69) is 0 Å². The number of carbonyl (C=O) groups is 4. The van der Waals surface area contributed by atoms with Gasteiger partial charge in [0, 0.05) is 31.6 Å². The Morgan fingerprint density at radius 2 is 1.35 bits per heavy atom. The normalized spacial score (nSPS) is 28.1. The number of likely N-dealkylation sites (N-methyl/N-ethyl adjacent to an activating group) is 2. The molecule has 0 aliphatic carbocycles. The van der Waals surface area contributed by atoms with Crippen molar-refractivity contribution in [1.29, 1.82) is 0 Å². The third-order valence-electron chi connectivity index (χ3n) is 5.64. The van der Waals surface area contributed by atoms with Gasteiger partial charge in [-0.1, -0.05) is 11.6 Å². The van der Waals surface area contributed by atoms with Crippen molar-refractivity contribution in [2.24, 2.45) is 0 Å². The Bertz CT molecular complexity index is 842. The highest BCUT2D eigenvalue weighted by molar-refractivity contribution is 6.30. The first-order valence-electron chi connectivity index (χ1n) is 7.96. The van der Waals surface area contributed by atoms with Gasteiger partial charge in [0.1, 0.15) is 0 Å². The predicted molar refractivity (Wildman–Crippen MR) is 93.3 cm³/mol. The van der Waals surface area contributed by atoms with Gasteiger partial charge in [0.15, 0.2) is 11.3 Å². The van der Waals surface area contributed by atoms with Crippen LogP contribution < -0.4 is 0 Å². The van der Waals surface area contributed by atoms with E-state index in [1.165, 1.54) is 55.1 Å². The van der Waals surface area contributed by atoms with Crippen molar-refractivity contribution in [3.05, 3.63) is 34.9 Å². The van der Waals surface area contributed by atoms with Gasteiger partial charge in [0.25, 0.3) is 5.91 Å². The molecule has 0 N–H and O–H groups in total. The van der Waals surface area contributed by atoms with E-state index in [-0.39, 0.29) is 5.56 Å². The zero-order chi connectivity index (χ0) is 19.6. The van der Waals surface area contributed by atoms with Gasteiger partial charge in [0.2, 0.25) is 5.91 Å². The van der Waals surface area contributed by atoms with Gasteiger partial charge in [0.05, 0.1) is 0 Å². The summed E-state index contributed by atoms with van der Waals surface area (Å²) in [5, 5.41) is 0.448. The summed E-state index contributed by atoms with van der Waals surface area (Å²) in [6, 6.07) is 4.90. The molecule has 8 nitrogen and oxygen atoms in total. The molecule has 1 aromatic rings. The number of halogens is 1. The van der Waals surface area contributed by atoms with Gasteiger partial charge in [-0.05, 0) is 38.1 Å². The van der Waals surface area contributed by atoms with Crippen LogP contribution >= 0.6 is 11.6 Å². The van der Waals surface area contributed by atoms with Gasteiger partial charge >= 0.3 is 12.1 Å². The number of hydrogen-bond donors (Lipinski definition) is 0. The van der Waals surface area contributed by atoms with Crippen molar-refractivity contribution in [3.63, 3.8) is 0 Å². The molecule has 0 saturated carbocycles. The third kappa shape index (κ3) is 1.90. The topological polar surface area (TPSA) is 81.2 Å². The van der Waals surface area contributed by atoms with Crippen LogP contribution in [0.2, 0.25) is 5.02 Å². The van der Waals surface area contributed by atoms with Crippen LogP contribution in [0.25, 0.3) is 0 Å². The Kier molecular flexibility index (Phi) is 3.81.